The Bertz CT molecular complexity index is 612. The summed E-state index contributed by atoms with van der Waals surface area (Å²) in [5.41, 5.74) is -0.343. The summed E-state index contributed by atoms with van der Waals surface area (Å²) in [6, 6.07) is 0. The summed E-state index contributed by atoms with van der Waals surface area (Å²) in [6.45, 7) is 12.0. The molecular weight excluding hydrogens is 294 g/mol. The number of aromatic amines is 1. The Balaban J connectivity index is 2.76. The lowest BCUT2D eigenvalue weighted by Gasteiger charge is -2.21. The number of aromatic nitrogens is 2. The van der Waals surface area contributed by atoms with Crippen molar-refractivity contribution in [1.29, 1.82) is 0 Å². The molecular formula is C17H29N3O3. The van der Waals surface area contributed by atoms with Gasteiger partial charge < -0.3 is 15.4 Å². The number of aliphatic hydroxyl groups excluding tert-OH is 1. The van der Waals surface area contributed by atoms with E-state index in [-0.39, 0.29) is 23.0 Å². The van der Waals surface area contributed by atoms with Gasteiger partial charge in [-0.25, -0.2) is 4.98 Å². The minimum absolute atomic E-state index is 0.0689. The van der Waals surface area contributed by atoms with Gasteiger partial charge in [-0.05, 0) is 25.2 Å². The van der Waals surface area contributed by atoms with E-state index in [4.69, 9.17) is 0 Å². The molecule has 0 bridgehead atoms. The molecule has 0 aliphatic carbocycles. The third-order valence-corrected chi connectivity index (χ3v) is 3.78. The number of nitrogens with one attached hydrogen (secondary N) is 2. The Morgan fingerprint density at radius 2 is 1.87 bits per heavy atom. The van der Waals surface area contributed by atoms with Crippen LogP contribution in [0.4, 0.5) is 0 Å². The maximum atomic E-state index is 12.2. The Morgan fingerprint density at radius 3 is 2.35 bits per heavy atom. The standard InChI is InChI=1S/C17H29N3O3/c1-11-12(14(23)20-15(19-11)16(2,3)4)13(22)18-9-7-8-17(5,6)10-21/h21H,7-10H2,1-6H3,(H,18,22)(H,19,20,23). The number of nitrogens with zero attached hydrogens (tertiary/aromatic N) is 1. The van der Waals surface area contributed by atoms with Crippen LogP contribution in [-0.4, -0.2) is 34.1 Å². The van der Waals surface area contributed by atoms with Crippen molar-refractivity contribution in [3.63, 3.8) is 0 Å². The van der Waals surface area contributed by atoms with Crippen LogP contribution >= 0.6 is 0 Å². The third kappa shape index (κ3) is 5.46. The molecule has 1 aromatic rings. The number of amides is 1. The van der Waals surface area contributed by atoms with E-state index in [0.717, 1.165) is 12.8 Å². The molecule has 1 aromatic heterocycles. The van der Waals surface area contributed by atoms with Gasteiger partial charge >= 0.3 is 0 Å². The van der Waals surface area contributed by atoms with Crippen LogP contribution in [0.3, 0.4) is 0 Å². The summed E-state index contributed by atoms with van der Waals surface area (Å²) in [5.74, 6) is 0.166. The Morgan fingerprint density at radius 1 is 1.26 bits per heavy atom. The normalized spacial score (nSPS) is 12.3. The fourth-order valence-electron chi connectivity index (χ4n) is 2.14. The van der Waals surface area contributed by atoms with Crippen LogP contribution in [0, 0.1) is 12.3 Å². The zero-order chi connectivity index (χ0) is 17.8. The molecule has 0 unspecified atom stereocenters. The molecule has 1 heterocycles. The highest BCUT2D eigenvalue weighted by molar-refractivity contribution is 5.94. The zero-order valence-electron chi connectivity index (χ0n) is 15.0. The quantitative estimate of drug-likeness (QED) is 0.697. The van der Waals surface area contributed by atoms with Gasteiger partial charge in [0.05, 0.1) is 5.69 Å². The summed E-state index contributed by atoms with van der Waals surface area (Å²) in [6.07, 6.45) is 1.53. The van der Waals surface area contributed by atoms with Gasteiger partial charge in [0.1, 0.15) is 11.4 Å². The zero-order valence-corrected chi connectivity index (χ0v) is 15.0. The van der Waals surface area contributed by atoms with Crippen molar-refractivity contribution in [3.8, 4) is 0 Å². The highest BCUT2D eigenvalue weighted by Gasteiger charge is 2.22. The molecule has 1 rings (SSSR count). The first-order chi connectivity index (χ1) is 10.5. The van der Waals surface area contributed by atoms with Crippen molar-refractivity contribution in [3.05, 3.63) is 27.4 Å². The van der Waals surface area contributed by atoms with Gasteiger partial charge in [-0.3, -0.25) is 9.59 Å². The second-order valence-electron chi connectivity index (χ2n) is 7.81. The number of aryl methyl sites for hydroxylation is 1. The number of hydrogen-bond donors (Lipinski definition) is 3. The number of rotatable bonds is 6. The van der Waals surface area contributed by atoms with Gasteiger partial charge in [0.2, 0.25) is 0 Å². The van der Waals surface area contributed by atoms with E-state index in [9.17, 15) is 14.7 Å². The molecule has 0 radical (unpaired) electrons. The molecule has 0 aliphatic heterocycles. The molecule has 0 saturated heterocycles. The summed E-state index contributed by atoms with van der Waals surface area (Å²) < 4.78 is 0. The van der Waals surface area contributed by atoms with Gasteiger partial charge in [0.25, 0.3) is 11.5 Å². The fraction of sp³-hybridized carbons (Fsp3) is 0.706. The highest BCUT2D eigenvalue weighted by atomic mass is 16.3. The first kappa shape index (κ1) is 19.4. The number of aliphatic hydroxyl groups is 1. The van der Waals surface area contributed by atoms with Crippen LogP contribution in [0.25, 0.3) is 0 Å². The van der Waals surface area contributed by atoms with Gasteiger partial charge in [0.15, 0.2) is 0 Å². The topological polar surface area (TPSA) is 95.1 Å². The molecule has 130 valence electrons. The number of carbonyl (C=O) groups excluding carboxylic acids is 1. The van der Waals surface area contributed by atoms with Crippen LogP contribution in [0.1, 0.15) is 69.3 Å². The molecule has 6 heteroatoms. The molecule has 0 spiro atoms. The lowest BCUT2D eigenvalue weighted by Crippen LogP contribution is -2.34. The molecule has 3 N–H and O–H groups in total. The van der Waals surface area contributed by atoms with Crippen molar-refractivity contribution >= 4 is 5.91 Å². The molecule has 6 nitrogen and oxygen atoms in total. The van der Waals surface area contributed by atoms with E-state index >= 15 is 0 Å². The van der Waals surface area contributed by atoms with Crippen molar-refractivity contribution in [2.24, 2.45) is 5.41 Å². The molecule has 0 aliphatic rings. The molecule has 0 saturated carbocycles. The summed E-state index contributed by atoms with van der Waals surface area (Å²) >= 11 is 0. The van der Waals surface area contributed by atoms with Crippen LogP contribution in [0.2, 0.25) is 0 Å². The van der Waals surface area contributed by atoms with Crippen LogP contribution in [-0.2, 0) is 5.41 Å². The van der Waals surface area contributed by atoms with Crippen molar-refractivity contribution < 1.29 is 9.90 Å². The van der Waals surface area contributed by atoms with Gasteiger partial charge in [-0.2, -0.15) is 0 Å². The van der Waals surface area contributed by atoms with E-state index in [1.165, 1.54) is 0 Å². The second kappa shape index (κ2) is 7.25. The lowest BCUT2D eigenvalue weighted by molar-refractivity contribution is 0.0945. The predicted octanol–water partition coefficient (Wildman–Crippen LogP) is 1.90. The maximum absolute atomic E-state index is 12.2. The van der Waals surface area contributed by atoms with Crippen LogP contribution in [0.15, 0.2) is 4.79 Å². The highest BCUT2D eigenvalue weighted by Crippen LogP contribution is 2.20. The Labute approximate surface area is 137 Å². The summed E-state index contributed by atoms with van der Waals surface area (Å²) in [4.78, 5) is 31.5. The molecule has 23 heavy (non-hydrogen) atoms. The van der Waals surface area contributed by atoms with Crippen molar-refractivity contribution in [1.82, 2.24) is 15.3 Å². The summed E-state index contributed by atoms with van der Waals surface area (Å²) in [5, 5.41) is 12.0. The van der Waals surface area contributed by atoms with Crippen molar-refractivity contribution in [2.75, 3.05) is 13.2 Å². The van der Waals surface area contributed by atoms with Crippen LogP contribution < -0.4 is 10.9 Å². The van der Waals surface area contributed by atoms with Crippen LogP contribution in [0.5, 0.6) is 0 Å². The largest absolute Gasteiger partial charge is 0.396 e. The maximum Gasteiger partial charge on any atom is 0.264 e. The van der Waals surface area contributed by atoms with Crippen molar-refractivity contribution in [2.45, 2.75) is 59.8 Å². The molecule has 0 fully saturated rings. The lowest BCUT2D eigenvalue weighted by atomic mass is 9.89. The number of carbonyl (C=O) groups is 1. The Kier molecular flexibility index (Phi) is 6.11. The first-order valence-electron chi connectivity index (χ1n) is 7.98. The van der Waals surface area contributed by atoms with E-state index in [1.807, 2.05) is 34.6 Å². The van der Waals surface area contributed by atoms with E-state index in [1.54, 1.807) is 6.92 Å². The summed E-state index contributed by atoms with van der Waals surface area (Å²) in [7, 11) is 0. The fourth-order valence-corrected chi connectivity index (χ4v) is 2.14. The smallest absolute Gasteiger partial charge is 0.264 e. The third-order valence-electron chi connectivity index (χ3n) is 3.78. The Hall–Kier alpha value is -1.69. The second-order valence-corrected chi connectivity index (χ2v) is 7.81. The van der Waals surface area contributed by atoms with E-state index < -0.39 is 11.5 Å². The number of hydrogen-bond acceptors (Lipinski definition) is 4. The minimum Gasteiger partial charge on any atom is -0.396 e. The molecule has 0 atom stereocenters. The van der Waals surface area contributed by atoms with E-state index in [2.05, 4.69) is 15.3 Å². The SMILES string of the molecule is Cc1nc(C(C)(C)C)[nH]c(=O)c1C(=O)NCCCC(C)(C)CO. The first-order valence-corrected chi connectivity index (χ1v) is 7.98. The average molecular weight is 323 g/mol. The van der Waals surface area contributed by atoms with Gasteiger partial charge in [-0.1, -0.05) is 34.6 Å². The minimum atomic E-state index is -0.407. The molecule has 0 aromatic carbocycles. The monoisotopic (exact) mass is 323 g/mol. The average Bonchev–Trinajstić information content (AvgIpc) is 2.42. The van der Waals surface area contributed by atoms with Gasteiger partial charge in [-0.15, -0.1) is 0 Å². The van der Waals surface area contributed by atoms with E-state index in [0.29, 0.717) is 18.1 Å². The predicted molar refractivity (Wildman–Crippen MR) is 90.7 cm³/mol. The van der Waals surface area contributed by atoms with Gasteiger partial charge in [0, 0.05) is 18.6 Å². The number of H-pyrrole nitrogens is 1. The molecule has 1 amide bonds.